The van der Waals surface area contributed by atoms with E-state index in [9.17, 15) is 4.79 Å². The molecule has 0 aromatic heterocycles. The van der Waals surface area contributed by atoms with Crippen molar-refractivity contribution in [2.45, 2.75) is 13.8 Å². The number of aryl methyl sites for hydroxylation is 1. The predicted molar refractivity (Wildman–Crippen MR) is 77.6 cm³/mol. The van der Waals surface area contributed by atoms with E-state index < -0.39 is 0 Å². The first kappa shape index (κ1) is 14.7. The molecule has 3 heteroatoms. The number of rotatable bonds is 1. The van der Waals surface area contributed by atoms with Crippen LogP contribution in [-0.2, 0) is 0 Å². The van der Waals surface area contributed by atoms with Crippen LogP contribution < -0.4 is 0 Å². The molecular formula is C15H14Cl2O. The summed E-state index contributed by atoms with van der Waals surface area (Å²) in [5, 5.41) is 0.949. The molecule has 1 nitrogen and oxygen atoms in total. The summed E-state index contributed by atoms with van der Waals surface area (Å²) in [4.78, 5) is 10.8. The normalized spacial score (nSPS) is 9.33. The molecule has 0 heterocycles. The monoisotopic (exact) mass is 280 g/mol. The van der Waals surface area contributed by atoms with E-state index in [1.165, 1.54) is 12.5 Å². The number of carbonyl (C=O) groups excluding carboxylic acids is 1. The summed E-state index contributed by atoms with van der Waals surface area (Å²) in [5.41, 5.74) is 1.83. The van der Waals surface area contributed by atoms with Crippen LogP contribution in [-0.4, -0.2) is 5.78 Å². The molecule has 0 fully saturated rings. The third-order valence-corrected chi connectivity index (χ3v) is 2.80. The number of hydrogen-bond donors (Lipinski definition) is 0. The van der Waals surface area contributed by atoms with Crippen molar-refractivity contribution in [2.24, 2.45) is 0 Å². The largest absolute Gasteiger partial charge is 0.294 e. The minimum atomic E-state index is -0.0494. The molecular weight excluding hydrogens is 267 g/mol. The fourth-order valence-corrected chi connectivity index (χ4v) is 1.85. The van der Waals surface area contributed by atoms with Crippen LogP contribution in [0.15, 0.2) is 48.5 Å². The molecule has 2 aromatic carbocycles. The summed E-state index contributed by atoms with van der Waals surface area (Å²) in [6.07, 6.45) is 0. The first-order chi connectivity index (χ1) is 8.50. The summed E-state index contributed by atoms with van der Waals surface area (Å²) in [6.45, 7) is 3.55. The van der Waals surface area contributed by atoms with Gasteiger partial charge < -0.3 is 0 Å². The highest BCUT2D eigenvalue weighted by Gasteiger charge is 2.04. The second kappa shape index (κ2) is 7.20. The Hall–Kier alpha value is -1.31. The van der Waals surface area contributed by atoms with E-state index in [0.29, 0.717) is 15.6 Å². The Kier molecular flexibility index (Phi) is 5.90. The molecule has 0 aliphatic carbocycles. The second-order valence-electron chi connectivity index (χ2n) is 3.84. The number of benzene rings is 2. The Bertz CT molecular complexity index is 521. The molecule has 2 aromatic rings. The Morgan fingerprint density at radius 1 is 1.00 bits per heavy atom. The van der Waals surface area contributed by atoms with E-state index in [1.807, 2.05) is 18.2 Å². The zero-order valence-electron chi connectivity index (χ0n) is 10.3. The maximum absolute atomic E-state index is 10.8. The maximum Gasteiger partial charge on any atom is 0.161 e. The first-order valence-corrected chi connectivity index (χ1v) is 6.24. The van der Waals surface area contributed by atoms with Crippen LogP contribution in [0.4, 0.5) is 0 Å². The molecule has 94 valence electrons. The summed E-state index contributed by atoms with van der Waals surface area (Å²) in [6, 6.07) is 15.1. The van der Waals surface area contributed by atoms with Crippen molar-refractivity contribution in [3.63, 3.8) is 0 Å². The van der Waals surface area contributed by atoms with Crippen LogP contribution in [0.1, 0.15) is 22.8 Å². The van der Waals surface area contributed by atoms with Crippen molar-refractivity contribution < 1.29 is 4.79 Å². The lowest BCUT2D eigenvalue weighted by molar-refractivity contribution is 0.101. The average Bonchev–Trinajstić information content (AvgIpc) is 2.30. The highest BCUT2D eigenvalue weighted by atomic mass is 35.5. The summed E-state index contributed by atoms with van der Waals surface area (Å²) < 4.78 is 0. The molecule has 18 heavy (non-hydrogen) atoms. The fourth-order valence-electron chi connectivity index (χ4n) is 1.31. The molecule has 0 aliphatic rings. The predicted octanol–water partition coefficient (Wildman–Crippen LogP) is 5.19. The van der Waals surface area contributed by atoms with E-state index >= 15 is 0 Å². The van der Waals surface area contributed by atoms with Gasteiger partial charge in [0.1, 0.15) is 0 Å². The molecule has 0 saturated heterocycles. The second-order valence-corrected chi connectivity index (χ2v) is 4.68. The molecule has 0 unspecified atom stereocenters. The summed E-state index contributed by atoms with van der Waals surface area (Å²) in [7, 11) is 0. The Morgan fingerprint density at radius 2 is 1.61 bits per heavy atom. The van der Waals surface area contributed by atoms with Crippen LogP contribution in [0.25, 0.3) is 0 Å². The lowest BCUT2D eigenvalue weighted by atomic mass is 10.1. The number of halogens is 2. The molecule has 2 rings (SSSR count). The number of Topliss-reactive ketones (excluding diaryl/α,β-unsaturated/α-hetero) is 1. The molecule has 0 radical (unpaired) electrons. The molecule has 0 aliphatic heterocycles. The minimum absolute atomic E-state index is 0.0494. The van der Waals surface area contributed by atoms with Gasteiger partial charge in [0.2, 0.25) is 0 Å². The maximum atomic E-state index is 10.8. The standard InChI is InChI=1S/C8H6Cl2O.C7H8/c1-5(11)7-3-2-6(9)4-8(7)10;1-7-5-3-2-4-6-7/h2-4H,1H3;2-6H,1H3. The van der Waals surface area contributed by atoms with Crippen molar-refractivity contribution in [3.05, 3.63) is 69.7 Å². The van der Waals surface area contributed by atoms with Gasteiger partial charge in [-0.05, 0) is 32.0 Å². The van der Waals surface area contributed by atoms with E-state index in [1.54, 1.807) is 18.2 Å². The van der Waals surface area contributed by atoms with E-state index in [4.69, 9.17) is 23.2 Å². The SMILES string of the molecule is CC(=O)c1ccc(Cl)cc1Cl.Cc1ccccc1. The highest BCUT2D eigenvalue weighted by Crippen LogP contribution is 2.20. The Morgan fingerprint density at radius 3 is 2.00 bits per heavy atom. The third kappa shape index (κ3) is 4.91. The van der Waals surface area contributed by atoms with Gasteiger partial charge in [-0.3, -0.25) is 4.79 Å². The zero-order chi connectivity index (χ0) is 13.5. The topological polar surface area (TPSA) is 17.1 Å². The van der Waals surface area contributed by atoms with Crippen molar-refractivity contribution in [1.29, 1.82) is 0 Å². The van der Waals surface area contributed by atoms with Crippen LogP contribution >= 0.6 is 23.2 Å². The quantitative estimate of drug-likeness (QED) is 0.657. The lowest BCUT2D eigenvalue weighted by Crippen LogP contribution is -1.91. The van der Waals surface area contributed by atoms with E-state index in [2.05, 4.69) is 19.1 Å². The van der Waals surface area contributed by atoms with E-state index in [0.717, 1.165) is 0 Å². The van der Waals surface area contributed by atoms with Crippen molar-refractivity contribution in [1.82, 2.24) is 0 Å². The van der Waals surface area contributed by atoms with Gasteiger partial charge in [-0.2, -0.15) is 0 Å². The van der Waals surface area contributed by atoms with Crippen LogP contribution in [0, 0.1) is 6.92 Å². The molecule has 0 amide bonds. The van der Waals surface area contributed by atoms with Crippen molar-refractivity contribution in [3.8, 4) is 0 Å². The van der Waals surface area contributed by atoms with Crippen molar-refractivity contribution >= 4 is 29.0 Å². The van der Waals surface area contributed by atoms with Gasteiger partial charge in [0.05, 0.1) is 5.02 Å². The van der Waals surface area contributed by atoms with Gasteiger partial charge >= 0.3 is 0 Å². The smallest absolute Gasteiger partial charge is 0.161 e. The Balaban J connectivity index is 0.000000199. The molecule has 0 N–H and O–H groups in total. The first-order valence-electron chi connectivity index (χ1n) is 5.48. The van der Waals surface area contributed by atoms with Gasteiger partial charge in [-0.25, -0.2) is 0 Å². The molecule has 0 spiro atoms. The Labute approximate surface area is 117 Å². The highest BCUT2D eigenvalue weighted by molar-refractivity contribution is 6.36. The summed E-state index contributed by atoms with van der Waals surface area (Å²) >= 11 is 11.3. The van der Waals surface area contributed by atoms with Gasteiger partial charge in [0.15, 0.2) is 5.78 Å². The van der Waals surface area contributed by atoms with Gasteiger partial charge in [0.25, 0.3) is 0 Å². The van der Waals surface area contributed by atoms with Crippen LogP contribution in [0.2, 0.25) is 10.0 Å². The number of carbonyl (C=O) groups is 1. The van der Waals surface area contributed by atoms with Crippen molar-refractivity contribution in [2.75, 3.05) is 0 Å². The average molecular weight is 281 g/mol. The van der Waals surface area contributed by atoms with E-state index in [-0.39, 0.29) is 5.78 Å². The zero-order valence-corrected chi connectivity index (χ0v) is 11.8. The van der Waals surface area contributed by atoms with Gasteiger partial charge in [0, 0.05) is 10.6 Å². The molecule has 0 atom stereocenters. The van der Waals surface area contributed by atoms with Crippen LogP contribution in [0.3, 0.4) is 0 Å². The van der Waals surface area contributed by atoms with Gasteiger partial charge in [-0.15, -0.1) is 0 Å². The summed E-state index contributed by atoms with van der Waals surface area (Å²) in [5.74, 6) is -0.0494. The third-order valence-electron chi connectivity index (χ3n) is 2.25. The fraction of sp³-hybridized carbons (Fsp3) is 0.133. The number of ketones is 1. The van der Waals surface area contributed by atoms with Crippen LogP contribution in [0.5, 0.6) is 0 Å². The number of hydrogen-bond acceptors (Lipinski definition) is 1. The molecule has 0 bridgehead atoms. The lowest BCUT2D eigenvalue weighted by Gasteiger charge is -1.98. The minimum Gasteiger partial charge on any atom is -0.294 e. The van der Waals surface area contributed by atoms with Gasteiger partial charge in [-0.1, -0.05) is 59.1 Å². The molecule has 0 saturated carbocycles.